The number of aliphatic hydroxyl groups is 1. The Morgan fingerprint density at radius 2 is 1.81 bits per heavy atom. The molecule has 0 spiro atoms. The summed E-state index contributed by atoms with van der Waals surface area (Å²) < 4.78 is 39.4. The highest BCUT2D eigenvalue weighted by Gasteiger charge is 2.34. The lowest BCUT2D eigenvalue weighted by atomic mass is 9.85. The van der Waals surface area contributed by atoms with Gasteiger partial charge in [-0.2, -0.15) is 13.2 Å². The molecule has 0 radical (unpaired) electrons. The van der Waals surface area contributed by atoms with Crippen molar-refractivity contribution in [3.8, 4) is 0 Å². The van der Waals surface area contributed by atoms with Crippen LogP contribution < -0.4 is 0 Å². The lowest BCUT2D eigenvalue weighted by molar-refractivity contribution is -0.139. The van der Waals surface area contributed by atoms with Crippen molar-refractivity contribution in [2.45, 2.75) is 63.6 Å². The summed E-state index contributed by atoms with van der Waals surface area (Å²) in [6.07, 6.45) is 1.16. The number of halogens is 3. The molecule has 1 atom stereocenters. The summed E-state index contributed by atoms with van der Waals surface area (Å²) in [5.74, 6) is 0.415. The van der Waals surface area contributed by atoms with E-state index in [0.29, 0.717) is 37.8 Å². The Balaban J connectivity index is 1.56. The van der Waals surface area contributed by atoms with Crippen molar-refractivity contribution >= 4 is 5.91 Å². The second kappa shape index (κ2) is 8.63. The van der Waals surface area contributed by atoms with Gasteiger partial charge in [0.15, 0.2) is 0 Å². The quantitative estimate of drug-likeness (QED) is 0.836. The molecule has 1 saturated carbocycles. The molecular formula is C21H28F3NO2. The molecule has 2 aliphatic rings. The molecule has 1 saturated heterocycles. The smallest absolute Gasteiger partial charge is 0.393 e. The molecule has 1 aromatic carbocycles. The van der Waals surface area contributed by atoms with Gasteiger partial charge in [0.25, 0.3) is 0 Å². The van der Waals surface area contributed by atoms with Crippen LogP contribution in [0.4, 0.5) is 13.2 Å². The van der Waals surface area contributed by atoms with Gasteiger partial charge in [-0.3, -0.25) is 4.79 Å². The molecule has 1 unspecified atom stereocenters. The fourth-order valence-electron chi connectivity index (χ4n) is 4.46. The van der Waals surface area contributed by atoms with Crippen molar-refractivity contribution in [3.63, 3.8) is 0 Å². The molecule has 3 rings (SSSR count). The Bertz CT molecular complexity index is 639. The molecule has 150 valence electrons. The van der Waals surface area contributed by atoms with Crippen molar-refractivity contribution in [3.05, 3.63) is 35.4 Å². The number of aliphatic hydroxyl groups excluding tert-OH is 1. The van der Waals surface area contributed by atoms with Gasteiger partial charge in [-0.05, 0) is 68.9 Å². The zero-order valence-corrected chi connectivity index (χ0v) is 15.5. The highest BCUT2D eigenvalue weighted by atomic mass is 19.4. The van der Waals surface area contributed by atoms with Crippen LogP contribution in [0.15, 0.2) is 24.3 Å². The van der Waals surface area contributed by atoms with Crippen molar-refractivity contribution in [2.24, 2.45) is 11.8 Å². The maximum Gasteiger partial charge on any atom is 0.416 e. The van der Waals surface area contributed by atoms with Gasteiger partial charge in [0.05, 0.1) is 11.7 Å². The molecule has 1 aliphatic heterocycles. The third-order valence-corrected chi connectivity index (χ3v) is 6.02. The number of hydrogen-bond acceptors (Lipinski definition) is 2. The SMILES string of the molecule is O=C(C1CCC(O)CC1)N1CCCC(CCc2ccccc2C(F)(F)F)C1. The number of rotatable bonds is 4. The number of amides is 1. The van der Waals surface area contributed by atoms with E-state index in [0.717, 1.165) is 38.3 Å². The predicted octanol–water partition coefficient (Wildman–Crippen LogP) is 4.43. The number of hydrogen-bond donors (Lipinski definition) is 1. The van der Waals surface area contributed by atoms with Crippen molar-refractivity contribution in [2.75, 3.05) is 13.1 Å². The predicted molar refractivity (Wildman–Crippen MR) is 97.0 cm³/mol. The average Bonchev–Trinajstić information content (AvgIpc) is 2.66. The zero-order chi connectivity index (χ0) is 19.4. The van der Waals surface area contributed by atoms with Crippen LogP contribution in [0.2, 0.25) is 0 Å². The van der Waals surface area contributed by atoms with Crippen LogP contribution in [0.5, 0.6) is 0 Å². The monoisotopic (exact) mass is 383 g/mol. The van der Waals surface area contributed by atoms with Gasteiger partial charge >= 0.3 is 6.18 Å². The Kier molecular flexibility index (Phi) is 6.45. The van der Waals surface area contributed by atoms with Crippen LogP contribution in [-0.4, -0.2) is 35.1 Å². The van der Waals surface area contributed by atoms with E-state index in [9.17, 15) is 23.1 Å². The van der Waals surface area contributed by atoms with Crippen LogP contribution in [0.1, 0.15) is 56.1 Å². The molecule has 6 heteroatoms. The van der Waals surface area contributed by atoms with Crippen LogP contribution in [0.25, 0.3) is 0 Å². The van der Waals surface area contributed by atoms with Crippen molar-refractivity contribution < 1.29 is 23.1 Å². The largest absolute Gasteiger partial charge is 0.416 e. The number of nitrogens with zero attached hydrogens (tertiary/aromatic N) is 1. The first-order valence-corrected chi connectivity index (χ1v) is 9.96. The Hall–Kier alpha value is -1.56. The van der Waals surface area contributed by atoms with E-state index < -0.39 is 11.7 Å². The van der Waals surface area contributed by atoms with E-state index in [1.807, 2.05) is 4.90 Å². The number of carbonyl (C=O) groups is 1. The lowest BCUT2D eigenvalue weighted by Crippen LogP contribution is -2.44. The summed E-state index contributed by atoms with van der Waals surface area (Å²) in [5.41, 5.74) is -0.204. The van der Waals surface area contributed by atoms with E-state index >= 15 is 0 Å². The second-order valence-corrected chi connectivity index (χ2v) is 7.99. The van der Waals surface area contributed by atoms with Gasteiger partial charge in [0, 0.05) is 19.0 Å². The first-order valence-electron chi connectivity index (χ1n) is 9.96. The molecule has 0 bridgehead atoms. The molecule has 1 aromatic rings. The minimum absolute atomic E-state index is 0.00175. The van der Waals surface area contributed by atoms with Crippen LogP contribution in [0.3, 0.4) is 0 Å². The summed E-state index contributed by atoms with van der Waals surface area (Å²) in [7, 11) is 0. The molecule has 1 amide bonds. The number of benzene rings is 1. The fraction of sp³-hybridized carbons (Fsp3) is 0.667. The lowest BCUT2D eigenvalue weighted by Gasteiger charge is -2.36. The number of likely N-dealkylation sites (tertiary alicyclic amines) is 1. The third kappa shape index (κ3) is 5.24. The van der Waals surface area contributed by atoms with Gasteiger partial charge in [0.1, 0.15) is 0 Å². The first-order chi connectivity index (χ1) is 12.8. The van der Waals surface area contributed by atoms with Crippen LogP contribution in [0, 0.1) is 11.8 Å². The Labute approximate surface area is 158 Å². The molecule has 1 aliphatic carbocycles. The zero-order valence-electron chi connectivity index (χ0n) is 15.5. The van der Waals surface area contributed by atoms with E-state index in [1.165, 1.54) is 6.07 Å². The van der Waals surface area contributed by atoms with E-state index in [-0.39, 0.29) is 23.8 Å². The number of aryl methyl sites for hydroxylation is 1. The molecule has 1 heterocycles. The van der Waals surface area contributed by atoms with Crippen LogP contribution in [-0.2, 0) is 17.4 Å². The normalized spacial score (nSPS) is 26.8. The van der Waals surface area contributed by atoms with Crippen molar-refractivity contribution in [1.82, 2.24) is 4.90 Å². The average molecular weight is 383 g/mol. The summed E-state index contributed by atoms with van der Waals surface area (Å²) in [6, 6.07) is 5.78. The maximum atomic E-state index is 13.1. The van der Waals surface area contributed by atoms with Gasteiger partial charge in [-0.25, -0.2) is 0 Å². The molecule has 0 aromatic heterocycles. The summed E-state index contributed by atoms with van der Waals surface area (Å²) in [4.78, 5) is 14.7. The van der Waals surface area contributed by atoms with Gasteiger partial charge in [0.2, 0.25) is 5.91 Å². The number of piperidine rings is 1. The third-order valence-electron chi connectivity index (χ3n) is 6.02. The van der Waals surface area contributed by atoms with Gasteiger partial charge < -0.3 is 10.0 Å². The minimum Gasteiger partial charge on any atom is -0.393 e. The Morgan fingerprint density at radius 3 is 2.52 bits per heavy atom. The van der Waals surface area contributed by atoms with E-state index in [2.05, 4.69) is 0 Å². The molecular weight excluding hydrogens is 355 g/mol. The van der Waals surface area contributed by atoms with Crippen molar-refractivity contribution in [1.29, 1.82) is 0 Å². The second-order valence-electron chi connectivity index (χ2n) is 7.99. The van der Waals surface area contributed by atoms with Gasteiger partial charge in [-0.1, -0.05) is 18.2 Å². The molecule has 27 heavy (non-hydrogen) atoms. The first kappa shape index (κ1) is 20.2. The fourth-order valence-corrected chi connectivity index (χ4v) is 4.46. The molecule has 3 nitrogen and oxygen atoms in total. The summed E-state index contributed by atoms with van der Waals surface area (Å²) in [6.45, 7) is 1.39. The number of carbonyl (C=O) groups excluding carboxylic acids is 1. The Morgan fingerprint density at radius 1 is 1.11 bits per heavy atom. The molecule has 1 N–H and O–H groups in total. The van der Waals surface area contributed by atoms with E-state index in [1.54, 1.807) is 12.1 Å². The maximum absolute atomic E-state index is 13.1. The summed E-state index contributed by atoms with van der Waals surface area (Å²) >= 11 is 0. The topological polar surface area (TPSA) is 40.5 Å². The minimum atomic E-state index is -4.32. The van der Waals surface area contributed by atoms with Crippen LogP contribution >= 0.6 is 0 Å². The standard InChI is InChI=1S/C21H28F3NO2/c22-21(23,24)19-6-2-1-5-16(19)8-7-15-4-3-13-25(14-15)20(27)17-9-11-18(26)12-10-17/h1-2,5-6,15,17-18,26H,3-4,7-14H2. The molecule has 2 fully saturated rings. The summed E-state index contributed by atoms with van der Waals surface area (Å²) in [5, 5.41) is 9.61. The van der Waals surface area contributed by atoms with Gasteiger partial charge in [-0.15, -0.1) is 0 Å². The van der Waals surface area contributed by atoms with E-state index in [4.69, 9.17) is 0 Å². The highest BCUT2D eigenvalue weighted by Crippen LogP contribution is 2.34. The highest BCUT2D eigenvalue weighted by molar-refractivity contribution is 5.79. The number of alkyl halides is 3.